The number of aromatic carboxylic acids is 1. The number of nitrogens with zero attached hydrogens (tertiary/aromatic N) is 2. The van der Waals surface area contributed by atoms with Crippen molar-refractivity contribution in [3.63, 3.8) is 0 Å². The number of carbonyl (C=O) groups is 1. The monoisotopic (exact) mass is 434 g/mol. The minimum atomic E-state index is -3.92. The highest BCUT2D eigenvalue weighted by atomic mass is 32.2. The maximum absolute atomic E-state index is 13.4. The summed E-state index contributed by atoms with van der Waals surface area (Å²) in [6.45, 7) is 4.34. The van der Waals surface area contributed by atoms with Crippen molar-refractivity contribution in [2.75, 3.05) is 0 Å². The molecule has 0 saturated heterocycles. The molecule has 0 amide bonds. The number of fused-ring (bicyclic) bond motifs is 1. The van der Waals surface area contributed by atoms with Crippen LogP contribution in [0.4, 0.5) is 0 Å². The van der Waals surface area contributed by atoms with Crippen LogP contribution in [0.2, 0.25) is 0 Å². The number of para-hydroxylation sites is 2. The number of rotatable bonds is 6. The molecular formula is C24H22N2O4S. The second-order valence-electron chi connectivity index (χ2n) is 7.62. The van der Waals surface area contributed by atoms with E-state index in [1.165, 1.54) is 12.1 Å². The normalized spacial score (nSPS) is 11.7. The summed E-state index contributed by atoms with van der Waals surface area (Å²) in [5.74, 6) is -1.60. The van der Waals surface area contributed by atoms with E-state index in [9.17, 15) is 18.3 Å². The van der Waals surface area contributed by atoms with E-state index in [0.717, 1.165) is 16.7 Å². The SMILES string of the molecule is Cc1ccc(C)c(Cn2c(S(=O)(=O)Cc3ccccc3C(=O)O)nc3ccccc32)c1. The molecule has 0 fully saturated rings. The van der Waals surface area contributed by atoms with Crippen LogP contribution >= 0.6 is 0 Å². The van der Waals surface area contributed by atoms with Gasteiger partial charge < -0.3 is 9.67 Å². The number of sulfone groups is 1. The van der Waals surface area contributed by atoms with Gasteiger partial charge >= 0.3 is 5.97 Å². The van der Waals surface area contributed by atoms with Crippen molar-refractivity contribution >= 4 is 26.8 Å². The lowest BCUT2D eigenvalue weighted by Crippen LogP contribution is -2.16. The van der Waals surface area contributed by atoms with Gasteiger partial charge in [-0.2, -0.15) is 0 Å². The molecule has 0 aliphatic carbocycles. The number of carboxylic acid groups (broad SMARTS) is 1. The quantitative estimate of drug-likeness (QED) is 0.487. The van der Waals surface area contributed by atoms with Gasteiger partial charge in [0, 0.05) is 0 Å². The van der Waals surface area contributed by atoms with Crippen molar-refractivity contribution < 1.29 is 18.3 Å². The van der Waals surface area contributed by atoms with Gasteiger partial charge in [-0.25, -0.2) is 18.2 Å². The minimum absolute atomic E-state index is 0.0248. The Morgan fingerprint density at radius 1 is 0.968 bits per heavy atom. The van der Waals surface area contributed by atoms with Gasteiger partial charge in [-0.15, -0.1) is 0 Å². The average Bonchev–Trinajstić information content (AvgIpc) is 3.10. The summed E-state index contributed by atoms with van der Waals surface area (Å²) in [5.41, 5.74) is 4.66. The van der Waals surface area contributed by atoms with E-state index in [1.807, 2.05) is 50.2 Å². The number of hydrogen-bond acceptors (Lipinski definition) is 4. The Morgan fingerprint density at radius 3 is 2.45 bits per heavy atom. The van der Waals surface area contributed by atoms with Crippen molar-refractivity contribution in [1.82, 2.24) is 9.55 Å². The van der Waals surface area contributed by atoms with Crippen LogP contribution < -0.4 is 0 Å². The topological polar surface area (TPSA) is 89.3 Å². The Kier molecular flexibility index (Phi) is 5.37. The Morgan fingerprint density at radius 2 is 1.68 bits per heavy atom. The molecule has 0 spiro atoms. The minimum Gasteiger partial charge on any atom is -0.478 e. The fourth-order valence-corrected chi connectivity index (χ4v) is 5.24. The smallest absolute Gasteiger partial charge is 0.335 e. The highest BCUT2D eigenvalue weighted by molar-refractivity contribution is 7.90. The van der Waals surface area contributed by atoms with Crippen LogP contribution in [0.25, 0.3) is 11.0 Å². The predicted molar refractivity (Wildman–Crippen MR) is 119 cm³/mol. The highest BCUT2D eigenvalue weighted by Crippen LogP contribution is 2.26. The molecule has 0 radical (unpaired) electrons. The van der Waals surface area contributed by atoms with E-state index >= 15 is 0 Å². The third-order valence-electron chi connectivity index (χ3n) is 5.32. The van der Waals surface area contributed by atoms with Crippen molar-refractivity contribution in [2.24, 2.45) is 0 Å². The van der Waals surface area contributed by atoms with Gasteiger partial charge in [-0.1, -0.05) is 54.1 Å². The molecule has 6 nitrogen and oxygen atoms in total. The van der Waals surface area contributed by atoms with E-state index in [2.05, 4.69) is 4.98 Å². The number of hydrogen-bond donors (Lipinski definition) is 1. The van der Waals surface area contributed by atoms with Gasteiger partial charge in [0.15, 0.2) is 0 Å². The van der Waals surface area contributed by atoms with E-state index in [0.29, 0.717) is 17.6 Å². The Balaban J connectivity index is 1.85. The first kappa shape index (κ1) is 20.8. The van der Waals surface area contributed by atoms with Crippen molar-refractivity contribution in [1.29, 1.82) is 0 Å². The molecule has 0 bridgehead atoms. The van der Waals surface area contributed by atoms with Crippen LogP contribution in [0, 0.1) is 13.8 Å². The van der Waals surface area contributed by atoms with Crippen LogP contribution in [0.15, 0.2) is 71.9 Å². The summed E-state index contributed by atoms with van der Waals surface area (Å²) in [6, 6.07) is 19.5. The van der Waals surface area contributed by atoms with E-state index in [4.69, 9.17) is 0 Å². The Hall–Kier alpha value is -3.45. The van der Waals surface area contributed by atoms with E-state index in [-0.39, 0.29) is 16.3 Å². The standard InChI is InChI=1S/C24H22N2O4S/c1-16-11-12-17(2)19(13-16)14-26-22-10-6-5-9-21(22)25-24(26)31(29,30)15-18-7-3-4-8-20(18)23(27)28/h3-13H,14-15H2,1-2H3,(H,27,28). The van der Waals surface area contributed by atoms with Crippen LogP contribution in [-0.2, 0) is 22.1 Å². The summed E-state index contributed by atoms with van der Waals surface area (Å²) in [6.07, 6.45) is 0. The molecule has 3 aromatic carbocycles. The van der Waals surface area contributed by atoms with Crippen LogP contribution in [0.3, 0.4) is 0 Å². The number of imidazole rings is 1. The third kappa shape index (κ3) is 4.09. The maximum atomic E-state index is 13.4. The average molecular weight is 435 g/mol. The third-order valence-corrected chi connectivity index (χ3v) is 6.88. The maximum Gasteiger partial charge on any atom is 0.335 e. The molecule has 31 heavy (non-hydrogen) atoms. The molecule has 7 heteroatoms. The van der Waals surface area contributed by atoms with Crippen molar-refractivity contribution in [2.45, 2.75) is 31.3 Å². The predicted octanol–water partition coefficient (Wildman–Crippen LogP) is 4.37. The van der Waals surface area contributed by atoms with Crippen LogP contribution in [0.1, 0.15) is 32.6 Å². The van der Waals surface area contributed by atoms with Crippen molar-refractivity contribution in [3.8, 4) is 0 Å². The lowest BCUT2D eigenvalue weighted by Gasteiger charge is -2.13. The first-order valence-electron chi connectivity index (χ1n) is 9.81. The molecule has 4 aromatic rings. The molecule has 1 N–H and O–H groups in total. The fraction of sp³-hybridized carbons (Fsp3) is 0.167. The number of carboxylic acids is 1. The summed E-state index contributed by atoms with van der Waals surface area (Å²) in [4.78, 5) is 16.0. The molecule has 1 aromatic heterocycles. The first-order valence-corrected chi connectivity index (χ1v) is 11.5. The molecule has 1 heterocycles. The zero-order valence-electron chi connectivity index (χ0n) is 17.2. The van der Waals surface area contributed by atoms with Crippen molar-refractivity contribution in [3.05, 3.63) is 94.5 Å². The molecule has 0 aliphatic rings. The summed E-state index contributed by atoms with van der Waals surface area (Å²) >= 11 is 0. The van der Waals surface area contributed by atoms with E-state index in [1.54, 1.807) is 22.8 Å². The van der Waals surface area contributed by atoms with Gasteiger partial charge in [0.1, 0.15) is 0 Å². The second-order valence-corrected chi connectivity index (χ2v) is 9.50. The lowest BCUT2D eigenvalue weighted by molar-refractivity contribution is 0.0696. The fourth-order valence-electron chi connectivity index (χ4n) is 3.71. The Bertz CT molecular complexity index is 1400. The van der Waals surface area contributed by atoms with Gasteiger partial charge in [-0.3, -0.25) is 0 Å². The summed E-state index contributed by atoms with van der Waals surface area (Å²) < 4.78 is 28.6. The van der Waals surface area contributed by atoms with Gasteiger partial charge in [0.25, 0.3) is 0 Å². The summed E-state index contributed by atoms with van der Waals surface area (Å²) in [7, 11) is -3.92. The Labute approximate surface area is 180 Å². The number of aromatic nitrogens is 2. The molecule has 0 atom stereocenters. The molecule has 0 unspecified atom stereocenters. The zero-order chi connectivity index (χ0) is 22.2. The molecule has 158 valence electrons. The van der Waals surface area contributed by atoms with Gasteiger partial charge in [0.05, 0.1) is 28.9 Å². The zero-order valence-corrected chi connectivity index (χ0v) is 18.1. The lowest BCUT2D eigenvalue weighted by atomic mass is 10.1. The molecule has 0 saturated carbocycles. The summed E-state index contributed by atoms with van der Waals surface area (Å²) in [5, 5.41) is 9.38. The molecular weight excluding hydrogens is 412 g/mol. The van der Waals surface area contributed by atoms with Gasteiger partial charge in [0.2, 0.25) is 15.0 Å². The molecule has 4 rings (SSSR count). The van der Waals surface area contributed by atoms with Crippen LogP contribution in [-0.4, -0.2) is 29.0 Å². The number of benzene rings is 3. The van der Waals surface area contributed by atoms with E-state index < -0.39 is 21.6 Å². The first-order chi connectivity index (χ1) is 14.8. The van der Waals surface area contributed by atoms with Crippen LogP contribution in [0.5, 0.6) is 0 Å². The van der Waals surface area contributed by atoms with Gasteiger partial charge in [-0.05, 0) is 48.7 Å². The number of aryl methyl sites for hydroxylation is 2. The largest absolute Gasteiger partial charge is 0.478 e. The second kappa shape index (κ2) is 8.00. The highest BCUT2D eigenvalue weighted by Gasteiger charge is 2.26. The molecule has 0 aliphatic heterocycles.